The molecule has 1 aromatic heterocycles. The maximum Gasteiger partial charge on any atom is 0.342 e. The van der Waals surface area contributed by atoms with Crippen LogP contribution in [0, 0.1) is 0 Å². The number of hydrogen-bond donors (Lipinski definition) is 3. The quantitative estimate of drug-likeness (QED) is 0.109. The van der Waals surface area contributed by atoms with E-state index < -0.39 is 0 Å². The summed E-state index contributed by atoms with van der Waals surface area (Å²) in [7, 11) is 4.68. The summed E-state index contributed by atoms with van der Waals surface area (Å²) in [5, 5.41) is 22.1. The van der Waals surface area contributed by atoms with Crippen LogP contribution in [0.1, 0.15) is 5.56 Å². The summed E-state index contributed by atoms with van der Waals surface area (Å²) in [5.74, 6) is 2.25. The van der Waals surface area contributed by atoms with Crippen LogP contribution in [-0.4, -0.2) is 54.5 Å². The van der Waals surface area contributed by atoms with E-state index in [9.17, 15) is 9.90 Å². The number of hydrazone groups is 1. The average molecular weight is 599 g/mol. The van der Waals surface area contributed by atoms with Gasteiger partial charge in [-0.2, -0.15) is 9.67 Å². The highest BCUT2D eigenvalue weighted by Crippen LogP contribution is 2.34. The van der Waals surface area contributed by atoms with Crippen molar-refractivity contribution in [1.82, 2.24) is 15.6 Å². The molecule has 3 aromatic carbocycles. The number of aromatic amines is 1. The van der Waals surface area contributed by atoms with E-state index in [-0.39, 0.29) is 23.2 Å². The lowest BCUT2D eigenvalue weighted by molar-refractivity contribution is -0.625. The predicted molar refractivity (Wildman–Crippen MR) is 147 cm³/mol. The summed E-state index contributed by atoms with van der Waals surface area (Å²) in [6.07, 6.45) is 1.46. The minimum Gasteiger partial charge on any atom is -0.503 e. The maximum absolute atomic E-state index is 12.5. The second-order valence-electron chi connectivity index (χ2n) is 7.75. The number of ether oxygens (including phenoxy) is 3. The van der Waals surface area contributed by atoms with Gasteiger partial charge in [0.05, 0.1) is 48.4 Å². The Morgan fingerprint density at radius 1 is 1.08 bits per heavy atom. The van der Waals surface area contributed by atoms with Crippen LogP contribution in [0.5, 0.6) is 23.0 Å². The van der Waals surface area contributed by atoms with Gasteiger partial charge in [-0.15, -0.1) is 5.10 Å². The number of phenols is 1. The number of amides is 1. The molecule has 0 unspecified atom stereocenters. The molecule has 4 aromatic rings. The van der Waals surface area contributed by atoms with Crippen molar-refractivity contribution in [3.63, 3.8) is 0 Å². The minimum atomic E-state index is -0.314. The number of methoxy groups -OCH3 is 3. The van der Waals surface area contributed by atoms with Gasteiger partial charge in [-0.1, -0.05) is 0 Å². The Morgan fingerprint density at radius 3 is 2.37 bits per heavy atom. The Hall–Kier alpha value is -4.03. The highest BCUT2D eigenvalue weighted by atomic mass is 79.9. The van der Waals surface area contributed by atoms with Crippen LogP contribution in [0.25, 0.3) is 17.1 Å². The van der Waals surface area contributed by atoms with Crippen molar-refractivity contribution in [2.24, 2.45) is 5.10 Å². The Labute approximate surface area is 231 Å². The van der Waals surface area contributed by atoms with Gasteiger partial charge < -0.3 is 19.3 Å². The minimum absolute atomic E-state index is 0.0109. The molecule has 38 heavy (non-hydrogen) atoms. The number of rotatable bonds is 10. The van der Waals surface area contributed by atoms with Gasteiger partial charge in [-0.25, -0.2) is 5.43 Å². The summed E-state index contributed by atoms with van der Waals surface area (Å²) in [4.78, 5) is 12.5. The van der Waals surface area contributed by atoms with Crippen LogP contribution in [0.4, 0.5) is 0 Å². The highest BCUT2D eigenvalue weighted by Gasteiger charge is 2.24. The summed E-state index contributed by atoms with van der Waals surface area (Å²) < 4.78 is 18.1. The number of thioether (sulfide) groups is 1. The van der Waals surface area contributed by atoms with Gasteiger partial charge in [0, 0.05) is 0 Å². The Morgan fingerprint density at radius 2 is 1.74 bits per heavy atom. The lowest BCUT2D eigenvalue weighted by atomic mass is 10.2. The first kappa shape index (κ1) is 27.0. The highest BCUT2D eigenvalue weighted by molar-refractivity contribution is 9.10. The number of nitrogens with zero attached hydrogens (tertiary/aromatic N) is 3. The third-order valence-corrected chi connectivity index (χ3v) is 6.92. The maximum atomic E-state index is 12.5. The second kappa shape index (κ2) is 12.5. The molecule has 196 valence electrons. The van der Waals surface area contributed by atoms with Gasteiger partial charge in [0.25, 0.3) is 11.7 Å². The van der Waals surface area contributed by atoms with Gasteiger partial charge in [-0.3, -0.25) is 4.79 Å². The molecule has 4 rings (SSSR count). The van der Waals surface area contributed by atoms with Crippen molar-refractivity contribution in [3.05, 3.63) is 70.7 Å². The van der Waals surface area contributed by atoms with Crippen LogP contribution in [-0.2, 0) is 4.79 Å². The van der Waals surface area contributed by atoms with Gasteiger partial charge in [0.15, 0.2) is 11.5 Å². The Bertz CT molecular complexity index is 1440. The van der Waals surface area contributed by atoms with Crippen molar-refractivity contribution < 1.29 is 28.7 Å². The molecule has 0 spiro atoms. The Kier molecular flexibility index (Phi) is 8.87. The van der Waals surface area contributed by atoms with E-state index >= 15 is 0 Å². The number of carbonyl (C=O) groups is 1. The molecule has 0 aliphatic rings. The molecule has 0 atom stereocenters. The first-order valence-electron chi connectivity index (χ1n) is 11.2. The smallest absolute Gasteiger partial charge is 0.342 e. The van der Waals surface area contributed by atoms with Gasteiger partial charge in [0.2, 0.25) is 0 Å². The summed E-state index contributed by atoms with van der Waals surface area (Å²) in [5.41, 5.74) is 4.88. The SMILES string of the molecule is COc1ccc(-c2[nH]nc(SCC(=O)NN=Cc3cc(Br)c(O)c(OC)c3)[n+]2-c2ccc(OC)cc2)cc1. The molecule has 0 saturated carbocycles. The normalized spacial score (nSPS) is 10.9. The van der Waals surface area contributed by atoms with Gasteiger partial charge in [-0.05, 0) is 93.9 Å². The molecule has 1 heterocycles. The van der Waals surface area contributed by atoms with E-state index in [2.05, 4.69) is 36.7 Å². The zero-order chi connectivity index (χ0) is 27.1. The van der Waals surface area contributed by atoms with E-state index in [0.29, 0.717) is 15.2 Å². The number of hydrogen-bond acceptors (Lipinski definition) is 8. The molecule has 1 amide bonds. The number of aromatic nitrogens is 3. The van der Waals surface area contributed by atoms with Crippen molar-refractivity contribution in [2.45, 2.75) is 5.16 Å². The standard InChI is InChI=1S/C26H24BrN5O5S/c1-35-19-8-4-17(5-9-19)25-30-31-26(32(25)18-6-10-20(36-2)11-7-18)38-15-23(33)29-28-14-16-12-21(27)24(34)22(13-16)37-3/h4-14H,15H2,1-3H3,(H2,28,29,33,34)/p+1. The van der Waals surface area contributed by atoms with Crippen LogP contribution >= 0.6 is 27.7 Å². The van der Waals surface area contributed by atoms with Crippen molar-refractivity contribution in [1.29, 1.82) is 0 Å². The predicted octanol–water partition coefficient (Wildman–Crippen LogP) is 4.09. The molecular formula is C26H25BrN5O5S+. The van der Waals surface area contributed by atoms with Crippen molar-refractivity contribution in [2.75, 3.05) is 27.1 Å². The molecule has 12 heteroatoms. The first-order chi connectivity index (χ1) is 18.4. The number of carbonyl (C=O) groups excluding carboxylic acids is 1. The number of nitrogens with one attached hydrogen (secondary N) is 2. The number of halogens is 1. The molecule has 0 saturated heterocycles. The van der Waals surface area contributed by atoms with Gasteiger partial charge in [0.1, 0.15) is 17.2 Å². The van der Waals surface area contributed by atoms with Gasteiger partial charge >= 0.3 is 5.16 Å². The third kappa shape index (κ3) is 6.26. The molecule has 0 bridgehead atoms. The van der Waals surface area contributed by atoms with Crippen LogP contribution in [0.15, 0.2) is 75.4 Å². The fourth-order valence-corrected chi connectivity index (χ4v) is 4.69. The number of benzene rings is 3. The van der Waals surface area contributed by atoms with E-state index in [0.717, 1.165) is 28.6 Å². The molecule has 10 nitrogen and oxygen atoms in total. The molecule has 0 radical (unpaired) electrons. The van der Waals surface area contributed by atoms with Crippen LogP contribution in [0.3, 0.4) is 0 Å². The lowest BCUT2D eigenvalue weighted by Crippen LogP contribution is -2.34. The van der Waals surface area contributed by atoms with Crippen LogP contribution in [0.2, 0.25) is 0 Å². The topological polar surface area (TPSA) is 122 Å². The van der Waals surface area contributed by atoms with Crippen molar-refractivity contribution >= 4 is 39.8 Å². The van der Waals surface area contributed by atoms with E-state index in [4.69, 9.17) is 14.2 Å². The zero-order valence-electron chi connectivity index (χ0n) is 20.8. The fourth-order valence-electron chi connectivity index (χ4n) is 3.47. The Balaban J connectivity index is 1.51. The first-order valence-corrected chi connectivity index (χ1v) is 13.0. The van der Waals surface area contributed by atoms with Crippen molar-refractivity contribution in [3.8, 4) is 40.1 Å². The third-order valence-electron chi connectivity index (χ3n) is 5.37. The van der Waals surface area contributed by atoms with Crippen LogP contribution < -0.4 is 24.2 Å². The average Bonchev–Trinajstić information content (AvgIpc) is 3.37. The second-order valence-corrected chi connectivity index (χ2v) is 9.55. The summed E-state index contributed by atoms with van der Waals surface area (Å²) >= 11 is 4.52. The van der Waals surface area contributed by atoms with E-state index in [1.165, 1.54) is 25.1 Å². The largest absolute Gasteiger partial charge is 0.503 e. The molecule has 0 aliphatic carbocycles. The number of aromatic hydroxyl groups is 1. The molecule has 3 N–H and O–H groups in total. The summed E-state index contributed by atoms with van der Waals surface area (Å²) in [6, 6.07) is 18.4. The van der Waals surface area contributed by atoms with E-state index in [1.54, 1.807) is 26.4 Å². The fraction of sp³-hybridized carbons (Fsp3) is 0.154. The monoisotopic (exact) mass is 598 g/mol. The summed E-state index contributed by atoms with van der Waals surface area (Å²) in [6.45, 7) is 0. The number of phenolic OH excluding ortho intramolecular Hbond substituents is 1. The molecular weight excluding hydrogens is 574 g/mol. The van der Waals surface area contributed by atoms with E-state index in [1.807, 2.05) is 53.1 Å². The number of H-pyrrole nitrogens is 1. The zero-order valence-corrected chi connectivity index (χ0v) is 23.2. The lowest BCUT2D eigenvalue weighted by Gasteiger charge is -2.06. The molecule has 0 fully saturated rings. The molecule has 0 aliphatic heterocycles.